The fourth-order valence-electron chi connectivity index (χ4n) is 2.48. The lowest BCUT2D eigenvalue weighted by Gasteiger charge is -2.23. The largest absolute Gasteiger partial charge is 0.322 e. The molecular weight excluding hydrogens is 334 g/mol. The first kappa shape index (κ1) is 17.0. The van der Waals surface area contributed by atoms with Crippen molar-refractivity contribution in [1.29, 1.82) is 0 Å². The highest BCUT2D eigenvalue weighted by atomic mass is 35.5. The molecule has 0 saturated carbocycles. The fraction of sp³-hybridized carbons (Fsp3) is 0.100. The van der Waals surface area contributed by atoms with Crippen LogP contribution in [-0.2, 0) is 13.1 Å². The zero-order chi connectivity index (χ0) is 17.5. The van der Waals surface area contributed by atoms with Gasteiger partial charge in [0.25, 0.3) is 0 Å². The summed E-state index contributed by atoms with van der Waals surface area (Å²) in [5.74, 6) is 0. The number of amides is 2. The number of anilines is 1. The summed E-state index contributed by atoms with van der Waals surface area (Å²) >= 11 is 6.05. The molecule has 1 N–H and O–H groups in total. The lowest BCUT2D eigenvalue weighted by molar-refractivity contribution is 0.206. The lowest BCUT2D eigenvalue weighted by Crippen LogP contribution is -2.34. The van der Waals surface area contributed by atoms with Crippen LogP contribution in [0.25, 0.3) is 0 Å². The summed E-state index contributed by atoms with van der Waals surface area (Å²) in [4.78, 5) is 18.5. The summed E-state index contributed by atoms with van der Waals surface area (Å²) < 4.78 is 0. The number of benzene rings is 2. The number of hydrogen-bond acceptors (Lipinski definition) is 2. The number of nitrogens with zero attached hydrogens (tertiary/aromatic N) is 2. The predicted molar refractivity (Wildman–Crippen MR) is 100 cm³/mol. The van der Waals surface area contributed by atoms with Gasteiger partial charge in [0, 0.05) is 19.3 Å². The van der Waals surface area contributed by atoms with Crippen LogP contribution in [-0.4, -0.2) is 15.9 Å². The van der Waals surface area contributed by atoms with E-state index in [0.717, 1.165) is 11.1 Å². The normalized spacial score (nSPS) is 10.3. The smallest absolute Gasteiger partial charge is 0.316 e. The highest BCUT2D eigenvalue weighted by Crippen LogP contribution is 2.19. The van der Waals surface area contributed by atoms with Crippen molar-refractivity contribution < 1.29 is 4.79 Å². The molecule has 0 aliphatic rings. The molecule has 2 amide bonds. The third kappa shape index (κ3) is 4.81. The molecule has 1 heterocycles. The van der Waals surface area contributed by atoms with E-state index in [2.05, 4.69) is 10.3 Å². The maximum atomic E-state index is 12.8. The molecule has 25 heavy (non-hydrogen) atoms. The molecular formula is C20H18ClN3O. The number of carbonyl (C=O) groups excluding carboxylic acids is 1. The predicted octanol–water partition coefficient (Wildman–Crippen LogP) is 4.97. The lowest BCUT2D eigenvalue weighted by atomic mass is 10.2. The SMILES string of the molecule is O=C(Nc1cccnc1Cl)N(Cc1ccccc1)Cc1ccccc1. The van der Waals surface area contributed by atoms with E-state index < -0.39 is 0 Å². The quantitative estimate of drug-likeness (QED) is 0.659. The van der Waals surface area contributed by atoms with Crippen LogP contribution in [0.3, 0.4) is 0 Å². The first-order chi connectivity index (χ1) is 12.2. The van der Waals surface area contributed by atoms with Gasteiger partial charge in [0.2, 0.25) is 0 Å². The summed E-state index contributed by atoms with van der Waals surface area (Å²) in [6.07, 6.45) is 1.59. The number of halogens is 1. The number of urea groups is 1. The molecule has 0 aliphatic carbocycles. The second-order valence-electron chi connectivity index (χ2n) is 5.60. The number of nitrogens with one attached hydrogen (secondary N) is 1. The molecule has 3 rings (SSSR count). The average molecular weight is 352 g/mol. The van der Waals surface area contributed by atoms with Gasteiger partial charge in [-0.2, -0.15) is 0 Å². The Kier molecular flexibility index (Phi) is 5.65. The van der Waals surface area contributed by atoms with E-state index in [1.54, 1.807) is 23.2 Å². The van der Waals surface area contributed by atoms with Crippen LogP contribution in [0.2, 0.25) is 5.15 Å². The van der Waals surface area contributed by atoms with Crippen LogP contribution in [0.1, 0.15) is 11.1 Å². The van der Waals surface area contributed by atoms with Gasteiger partial charge in [-0.3, -0.25) is 0 Å². The number of carbonyl (C=O) groups is 1. The van der Waals surface area contributed by atoms with Crippen LogP contribution in [0.4, 0.5) is 10.5 Å². The fourth-order valence-corrected chi connectivity index (χ4v) is 2.65. The zero-order valence-electron chi connectivity index (χ0n) is 13.6. The van der Waals surface area contributed by atoms with Gasteiger partial charge in [-0.1, -0.05) is 72.3 Å². The molecule has 0 saturated heterocycles. The minimum atomic E-state index is -0.220. The highest BCUT2D eigenvalue weighted by Gasteiger charge is 2.16. The maximum absolute atomic E-state index is 12.8. The number of hydrogen-bond donors (Lipinski definition) is 1. The molecule has 0 spiro atoms. The molecule has 0 atom stereocenters. The van der Waals surface area contributed by atoms with Gasteiger partial charge in [-0.05, 0) is 23.3 Å². The van der Waals surface area contributed by atoms with Crippen molar-refractivity contribution in [1.82, 2.24) is 9.88 Å². The van der Waals surface area contributed by atoms with Gasteiger partial charge in [0.15, 0.2) is 5.15 Å². The topological polar surface area (TPSA) is 45.2 Å². The minimum Gasteiger partial charge on any atom is -0.316 e. The Bertz CT molecular complexity index is 783. The molecule has 0 radical (unpaired) electrons. The first-order valence-corrected chi connectivity index (χ1v) is 8.34. The Hall–Kier alpha value is -2.85. The van der Waals surface area contributed by atoms with Crippen LogP contribution in [0, 0.1) is 0 Å². The van der Waals surface area contributed by atoms with Crippen molar-refractivity contribution in [2.45, 2.75) is 13.1 Å². The van der Waals surface area contributed by atoms with E-state index >= 15 is 0 Å². The number of rotatable bonds is 5. The van der Waals surface area contributed by atoms with E-state index in [0.29, 0.717) is 18.8 Å². The van der Waals surface area contributed by atoms with Gasteiger partial charge in [-0.25, -0.2) is 9.78 Å². The molecule has 0 aliphatic heterocycles. The van der Waals surface area contributed by atoms with Crippen molar-refractivity contribution >= 4 is 23.3 Å². The van der Waals surface area contributed by atoms with E-state index in [4.69, 9.17) is 11.6 Å². The summed E-state index contributed by atoms with van der Waals surface area (Å²) in [7, 11) is 0. The van der Waals surface area contributed by atoms with Gasteiger partial charge in [0.05, 0.1) is 5.69 Å². The highest BCUT2D eigenvalue weighted by molar-refractivity contribution is 6.32. The van der Waals surface area contributed by atoms with Crippen molar-refractivity contribution in [2.24, 2.45) is 0 Å². The number of pyridine rings is 1. The molecule has 2 aromatic carbocycles. The van der Waals surface area contributed by atoms with Crippen molar-refractivity contribution in [3.05, 3.63) is 95.3 Å². The Morgan fingerprint density at radius 2 is 1.44 bits per heavy atom. The van der Waals surface area contributed by atoms with E-state index in [1.165, 1.54) is 0 Å². The second kappa shape index (κ2) is 8.31. The molecule has 5 heteroatoms. The van der Waals surface area contributed by atoms with Gasteiger partial charge >= 0.3 is 6.03 Å². The molecule has 1 aromatic heterocycles. The second-order valence-corrected chi connectivity index (χ2v) is 5.96. The molecule has 3 aromatic rings. The van der Waals surface area contributed by atoms with E-state index in [9.17, 15) is 4.79 Å². The van der Waals surface area contributed by atoms with Crippen molar-refractivity contribution in [3.63, 3.8) is 0 Å². The van der Waals surface area contributed by atoms with Gasteiger partial charge < -0.3 is 10.2 Å². The summed E-state index contributed by atoms with van der Waals surface area (Å²) in [6, 6.07) is 23.0. The summed E-state index contributed by atoms with van der Waals surface area (Å²) in [5, 5.41) is 3.12. The summed E-state index contributed by atoms with van der Waals surface area (Å²) in [6.45, 7) is 0.999. The van der Waals surface area contributed by atoms with Crippen LogP contribution >= 0.6 is 11.6 Å². The van der Waals surface area contributed by atoms with Gasteiger partial charge in [-0.15, -0.1) is 0 Å². The molecule has 0 unspecified atom stereocenters. The Morgan fingerprint density at radius 3 is 1.96 bits per heavy atom. The van der Waals surface area contributed by atoms with Gasteiger partial charge in [0.1, 0.15) is 0 Å². The van der Waals surface area contributed by atoms with Crippen molar-refractivity contribution in [3.8, 4) is 0 Å². The Morgan fingerprint density at radius 1 is 0.880 bits per heavy atom. The standard InChI is InChI=1S/C20H18ClN3O/c21-19-18(12-7-13-22-19)23-20(25)24(14-16-8-3-1-4-9-16)15-17-10-5-2-6-11-17/h1-13H,14-15H2,(H,23,25). The molecule has 126 valence electrons. The monoisotopic (exact) mass is 351 g/mol. The number of aromatic nitrogens is 1. The average Bonchev–Trinajstić information content (AvgIpc) is 2.65. The molecule has 0 fully saturated rings. The zero-order valence-corrected chi connectivity index (χ0v) is 14.4. The Labute approximate surface area is 152 Å². The first-order valence-electron chi connectivity index (χ1n) is 7.96. The Balaban J connectivity index is 1.79. The van der Waals surface area contributed by atoms with Crippen molar-refractivity contribution in [2.75, 3.05) is 5.32 Å². The summed E-state index contributed by atoms with van der Waals surface area (Å²) in [5.41, 5.74) is 2.62. The minimum absolute atomic E-state index is 0.220. The third-order valence-corrected chi connectivity index (χ3v) is 4.02. The maximum Gasteiger partial charge on any atom is 0.322 e. The third-order valence-electron chi connectivity index (χ3n) is 3.72. The van der Waals surface area contributed by atoms with Crippen LogP contribution in [0.5, 0.6) is 0 Å². The molecule has 0 bridgehead atoms. The van der Waals surface area contributed by atoms with E-state index in [1.807, 2.05) is 60.7 Å². The molecule has 4 nitrogen and oxygen atoms in total. The van der Waals surface area contributed by atoms with E-state index in [-0.39, 0.29) is 11.2 Å². The van der Waals surface area contributed by atoms with Crippen LogP contribution < -0.4 is 5.32 Å². The van der Waals surface area contributed by atoms with Crippen LogP contribution in [0.15, 0.2) is 79.0 Å².